The number of ether oxygens (including phenoxy) is 1. The molecule has 23 heavy (non-hydrogen) atoms. The highest BCUT2D eigenvalue weighted by molar-refractivity contribution is 5.31. The van der Waals surface area contributed by atoms with E-state index in [0.717, 1.165) is 30.6 Å². The van der Waals surface area contributed by atoms with E-state index in [1.807, 2.05) is 12.1 Å². The molecule has 2 aromatic heterocycles. The summed E-state index contributed by atoms with van der Waals surface area (Å²) < 4.78 is 11.1. The van der Waals surface area contributed by atoms with Gasteiger partial charge in [0.1, 0.15) is 5.82 Å². The zero-order valence-corrected chi connectivity index (χ0v) is 12.9. The molecule has 1 N–H and O–H groups in total. The third kappa shape index (κ3) is 3.83. The van der Waals surface area contributed by atoms with Crippen LogP contribution in [0.4, 0.5) is 5.82 Å². The molecule has 0 amide bonds. The number of hydrogen-bond acceptors (Lipinski definition) is 8. The van der Waals surface area contributed by atoms with Gasteiger partial charge in [-0.3, -0.25) is 4.90 Å². The van der Waals surface area contributed by atoms with Crippen LogP contribution in [0, 0.1) is 0 Å². The molecule has 0 spiro atoms. The van der Waals surface area contributed by atoms with Crippen LogP contribution in [0.25, 0.3) is 0 Å². The number of rotatable bonds is 6. The van der Waals surface area contributed by atoms with Crippen LogP contribution in [0.1, 0.15) is 30.5 Å². The number of anilines is 1. The summed E-state index contributed by atoms with van der Waals surface area (Å²) >= 11 is 0. The Morgan fingerprint density at radius 1 is 1.35 bits per heavy atom. The molecule has 0 radical (unpaired) electrons. The predicted molar refractivity (Wildman–Crippen MR) is 81.8 cm³/mol. The average Bonchev–Trinajstić information content (AvgIpc) is 3.34. The van der Waals surface area contributed by atoms with Gasteiger partial charge in [0.25, 0.3) is 0 Å². The van der Waals surface area contributed by atoms with E-state index in [2.05, 4.69) is 30.6 Å². The van der Waals surface area contributed by atoms with E-state index in [0.29, 0.717) is 25.6 Å². The van der Waals surface area contributed by atoms with Gasteiger partial charge in [-0.2, -0.15) is 10.1 Å². The highest BCUT2D eigenvalue weighted by atomic mass is 16.5. The molecule has 2 fully saturated rings. The van der Waals surface area contributed by atoms with Gasteiger partial charge in [0.15, 0.2) is 5.82 Å². The van der Waals surface area contributed by atoms with Gasteiger partial charge in [-0.05, 0) is 25.0 Å². The van der Waals surface area contributed by atoms with Crippen LogP contribution < -0.4 is 5.32 Å². The van der Waals surface area contributed by atoms with E-state index < -0.39 is 0 Å². The first-order chi connectivity index (χ1) is 11.4. The molecule has 2 aliphatic rings. The van der Waals surface area contributed by atoms with Crippen molar-refractivity contribution in [1.29, 1.82) is 0 Å². The van der Waals surface area contributed by atoms with Crippen molar-refractivity contribution in [3.05, 3.63) is 30.0 Å². The molecule has 4 rings (SSSR count). The minimum absolute atomic E-state index is 0.112. The van der Waals surface area contributed by atoms with Crippen molar-refractivity contribution < 1.29 is 9.26 Å². The Hall–Kier alpha value is -2.06. The van der Waals surface area contributed by atoms with E-state index in [1.54, 1.807) is 6.20 Å². The summed E-state index contributed by atoms with van der Waals surface area (Å²) in [5.74, 6) is 2.84. The molecular weight excluding hydrogens is 296 g/mol. The van der Waals surface area contributed by atoms with E-state index in [9.17, 15) is 0 Å². The number of morpholine rings is 1. The molecule has 8 nitrogen and oxygen atoms in total. The molecule has 1 atom stereocenters. The average molecular weight is 316 g/mol. The summed E-state index contributed by atoms with van der Waals surface area (Å²) in [6, 6.07) is 3.75. The first kappa shape index (κ1) is 14.5. The molecule has 8 heteroatoms. The maximum atomic E-state index is 5.80. The number of aromatic nitrogens is 4. The van der Waals surface area contributed by atoms with Crippen molar-refractivity contribution >= 4 is 5.82 Å². The van der Waals surface area contributed by atoms with Gasteiger partial charge in [0.05, 0.1) is 19.3 Å². The van der Waals surface area contributed by atoms with Crippen molar-refractivity contribution in [2.75, 3.05) is 31.6 Å². The smallest absolute Gasteiger partial charge is 0.229 e. The van der Waals surface area contributed by atoms with Crippen LogP contribution in [-0.4, -0.2) is 57.6 Å². The zero-order chi connectivity index (χ0) is 15.5. The highest BCUT2D eigenvalue weighted by Crippen LogP contribution is 2.38. The molecule has 122 valence electrons. The molecule has 1 aliphatic carbocycles. The van der Waals surface area contributed by atoms with Crippen LogP contribution >= 0.6 is 0 Å². The van der Waals surface area contributed by atoms with Gasteiger partial charge < -0.3 is 14.6 Å². The molecule has 0 bridgehead atoms. The van der Waals surface area contributed by atoms with Crippen LogP contribution in [0.3, 0.4) is 0 Å². The van der Waals surface area contributed by atoms with E-state index in [4.69, 9.17) is 9.26 Å². The van der Waals surface area contributed by atoms with Crippen molar-refractivity contribution in [1.82, 2.24) is 25.2 Å². The van der Waals surface area contributed by atoms with E-state index in [1.165, 1.54) is 12.8 Å². The lowest BCUT2D eigenvalue weighted by molar-refractivity contribution is -0.0250. The second-order valence-corrected chi connectivity index (χ2v) is 6.04. The largest absolute Gasteiger partial charge is 0.374 e. The van der Waals surface area contributed by atoms with Gasteiger partial charge in [-0.15, -0.1) is 5.10 Å². The van der Waals surface area contributed by atoms with Gasteiger partial charge in [0, 0.05) is 31.7 Å². The minimum Gasteiger partial charge on any atom is -0.374 e. The zero-order valence-electron chi connectivity index (χ0n) is 12.9. The third-order valence-corrected chi connectivity index (χ3v) is 4.08. The van der Waals surface area contributed by atoms with Crippen molar-refractivity contribution in [3.63, 3.8) is 0 Å². The summed E-state index contributed by atoms with van der Waals surface area (Å²) in [5.41, 5.74) is 0. The molecule has 0 unspecified atom stereocenters. The normalized spacial score (nSPS) is 22.2. The Kier molecular flexibility index (Phi) is 4.16. The lowest BCUT2D eigenvalue weighted by Gasteiger charge is -2.32. The fourth-order valence-electron chi connectivity index (χ4n) is 2.69. The SMILES string of the molecule is c1cnnc(NC[C@H]2CN(Cc3noc(C4CC4)n3)CCO2)c1. The lowest BCUT2D eigenvalue weighted by atomic mass is 10.2. The summed E-state index contributed by atoms with van der Waals surface area (Å²) in [6.07, 6.45) is 4.12. The van der Waals surface area contributed by atoms with Crippen molar-refractivity contribution in [3.8, 4) is 0 Å². The number of nitrogens with one attached hydrogen (secondary N) is 1. The van der Waals surface area contributed by atoms with E-state index in [-0.39, 0.29) is 6.10 Å². The fraction of sp³-hybridized carbons (Fsp3) is 0.600. The minimum atomic E-state index is 0.112. The molecule has 1 saturated carbocycles. The fourth-order valence-corrected chi connectivity index (χ4v) is 2.69. The number of hydrogen-bond donors (Lipinski definition) is 1. The van der Waals surface area contributed by atoms with Crippen LogP contribution in [0.15, 0.2) is 22.9 Å². The Morgan fingerprint density at radius 3 is 3.13 bits per heavy atom. The monoisotopic (exact) mass is 316 g/mol. The highest BCUT2D eigenvalue weighted by Gasteiger charge is 2.30. The Balaban J connectivity index is 1.28. The molecule has 3 heterocycles. The summed E-state index contributed by atoms with van der Waals surface area (Å²) in [5, 5.41) is 15.2. The molecule has 1 saturated heterocycles. The van der Waals surface area contributed by atoms with Gasteiger partial charge in [-0.1, -0.05) is 5.16 Å². The van der Waals surface area contributed by atoms with Crippen LogP contribution in [0.2, 0.25) is 0 Å². The van der Waals surface area contributed by atoms with Crippen LogP contribution in [-0.2, 0) is 11.3 Å². The maximum absolute atomic E-state index is 5.80. The van der Waals surface area contributed by atoms with Gasteiger partial charge >= 0.3 is 0 Å². The molecular formula is C15H20N6O2. The summed E-state index contributed by atoms with van der Waals surface area (Å²) in [7, 11) is 0. The van der Waals surface area contributed by atoms with Crippen molar-refractivity contribution in [2.24, 2.45) is 0 Å². The second-order valence-electron chi connectivity index (χ2n) is 6.04. The molecule has 1 aliphatic heterocycles. The Morgan fingerprint density at radius 2 is 2.30 bits per heavy atom. The first-order valence-electron chi connectivity index (χ1n) is 8.05. The maximum Gasteiger partial charge on any atom is 0.229 e. The second kappa shape index (κ2) is 6.59. The lowest BCUT2D eigenvalue weighted by Crippen LogP contribution is -2.45. The first-order valence-corrected chi connectivity index (χ1v) is 8.05. The molecule has 0 aromatic carbocycles. The summed E-state index contributed by atoms with van der Waals surface area (Å²) in [6.45, 7) is 3.84. The van der Waals surface area contributed by atoms with Crippen LogP contribution in [0.5, 0.6) is 0 Å². The van der Waals surface area contributed by atoms with E-state index >= 15 is 0 Å². The van der Waals surface area contributed by atoms with Gasteiger partial charge in [0.2, 0.25) is 5.89 Å². The quantitative estimate of drug-likeness (QED) is 0.846. The Labute approximate surface area is 134 Å². The molecule has 2 aromatic rings. The standard InChI is InChI=1S/C15H20N6O2/c1-2-13(19-17-5-1)16-8-12-9-21(6-7-22-12)10-14-18-15(23-20-14)11-3-4-11/h1-2,5,11-12H,3-4,6-10H2,(H,16,19)/t12-/m0/s1. The number of nitrogens with zero attached hydrogens (tertiary/aromatic N) is 5. The van der Waals surface area contributed by atoms with Crippen molar-refractivity contribution in [2.45, 2.75) is 31.4 Å². The Bertz CT molecular complexity index is 630. The van der Waals surface area contributed by atoms with Gasteiger partial charge in [-0.25, -0.2) is 0 Å². The topological polar surface area (TPSA) is 89.2 Å². The predicted octanol–water partition coefficient (Wildman–Crippen LogP) is 1.05. The summed E-state index contributed by atoms with van der Waals surface area (Å²) in [4.78, 5) is 6.79. The third-order valence-electron chi connectivity index (χ3n) is 4.08.